The van der Waals surface area contributed by atoms with Crippen LogP contribution in [0.2, 0.25) is 0 Å². The Balaban J connectivity index is 2.83. The second-order valence-electron chi connectivity index (χ2n) is 4.10. The SMILES string of the molecule is CC(C)(C#N)Cc1ccc([N+](=O)[O-])cc1. The number of nitriles is 1. The van der Waals surface area contributed by atoms with Crippen molar-refractivity contribution in [2.75, 3.05) is 0 Å². The number of benzene rings is 1. The number of nitro benzene ring substituents is 1. The highest BCUT2D eigenvalue weighted by atomic mass is 16.6. The molecule has 0 spiro atoms. The van der Waals surface area contributed by atoms with Gasteiger partial charge in [0, 0.05) is 12.1 Å². The summed E-state index contributed by atoms with van der Waals surface area (Å²) >= 11 is 0. The Bertz CT molecular complexity index is 402. The van der Waals surface area contributed by atoms with E-state index in [0.717, 1.165) is 5.56 Å². The smallest absolute Gasteiger partial charge is 0.258 e. The van der Waals surface area contributed by atoms with Crippen molar-refractivity contribution < 1.29 is 4.92 Å². The van der Waals surface area contributed by atoms with E-state index in [0.29, 0.717) is 6.42 Å². The summed E-state index contributed by atoms with van der Waals surface area (Å²) in [7, 11) is 0. The lowest BCUT2D eigenvalue weighted by Gasteiger charge is -2.14. The number of hydrogen-bond donors (Lipinski definition) is 0. The van der Waals surface area contributed by atoms with Gasteiger partial charge in [-0.3, -0.25) is 10.1 Å². The number of non-ortho nitro benzene ring substituents is 1. The largest absolute Gasteiger partial charge is 0.269 e. The zero-order valence-corrected chi connectivity index (χ0v) is 8.73. The van der Waals surface area contributed by atoms with Gasteiger partial charge in [-0.25, -0.2) is 0 Å². The Morgan fingerprint density at radius 1 is 1.40 bits per heavy atom. The molecule has 0 aliphatic heterocycles. The van der Waals surface area contributed by atoms with Crippen LogP contribution in [-0.2, 0) is 6.42 Å². The van der Waals surface area contributed by atoms with Crippen LogP contribution in [0.1, 0.15) is 19.4 Å². The fourth-order valence-corrected chi connectivity index (χ4v) is 1.29. The normalized spacial score (nSPS) is 10.7. The maximum absolute atomic E-state index is 10.4. The predicted octanol–water partition coefficient (Wildman–Crippen LogP) is 2.69. The van der Waals surface area contributed by atoms with Crippen LogP contribution in [0.5, 0.6) is 0 Å². The maximum Gasteiger partial charge on any atom is 0.269 e. The monoisotopic (exact) mass is 204 g/mol. The van der Waals surface area contributed by atoms with Crippen molar-refractivity contribution in [2.45, 2.75) is 20.3 Å². The molecule has 4 nitrogen and oxygen atoms in total. The maximum atomic E-state index is 10.4. The van der Waals surface area contributed by atoms with Gasteiger partial charge < -0.3 is 0 Å². The van der Waals surface area contributed by atoms with Crippen LogP contribution in [0.25, 0.3) is 0 Å². The minimum absolute atomic E-state index is 0.0773. The molecular formula is C11H12N2O2. The molecule has 1 aromatic carbocycles. The highest BCUT2D eigenvalue weighted by Crippen LogP contribution is 2.22. The quantitative estimate of drug-likeness (QED) is 0.561. The summed E-state index contributed by atoms with van der Waals surface area (Å²) in [6.45, 7) is 3.68. The van der Waals surface area contributed by atoms with Crippen LogP contribution in [0.15, 0.2) is 24.3 Å². The van der Waals surface area contributed by atoms with Crippen molar-refractivity contribution in [1.82, 2.24) is 0 Å². The van der Waals surface area contributed by atoms with Gasteiger partial charge in [-0.2, -0.15) is 5.26 Å². The summed E-state index contributed by atoms with van der Waals surface area (Å²) in [5.74, 6) is 0. The van der Waals surface area contributed by atoms with E-state index in [1.807, 2.05) is 13.8 Å². The van der Waals surface area contributed by atoms with E-state index in [-0.39, 0.29) is 5.69 Å². The van der Waals surface area contributed by atoms with Crippen molar-refractivity contribution in [2.24, 2.45) is 5.41 Å². The van der Waals surface area contributed by atoms with Gasteiger partial charge in [-0.15, -0.1) is 0 Å². The molecule has 1 rings (SSSR count). The molecule has 0 N–H and O–H groups in total. The summed E-state index contributed by atoms with van der Waals surface area (Å²) < 4.78 is 0. The molecule has 0 amide bonds. The molecular weight excluding hydrogens is 192 g/mol. The molecule has 0 saturated heterocycles. The molecule has 0 saturated carbocycles. The Kier molecular flexibility index (Phi) is 3.05. The lowest BCUT2D eigenvalue weighted by molar-refractivity contribution is -0.384. The van der Waals surface area contributed by atoms with Crippen LogP contribution < -0.4 is 0 Å². The van der Waals surface area contributed by atoms with Gasteiger partial charge in [0.2, 0.25) is 0 Å². The molecule has 78 valence electrons. The van der Waals surface area contributed by atoms with Gasteiger partial charge in [-0.05, 0) is 25.8 Å². The summed E-state index contributed by atoms with van der Waals surface area (Å²) in [4.78, 5) is 9.98. The van der Waals surface area contributed by atoms with Crippen molar-refractivity contribution >= 4 is 5.69 Å². The van der Waals surface area contributed by atoms with Crippen molar-refractivity contribution in [3.63, 3.8) is 0 Å². The van der Waals surface area contributed by atoms with Gasteiger partial charge in [0.1, 0.15) is 0 Å². The van der Waals surface area contributed by atoms with Gasteiger partial charge in [0.15, 0.2) is 0 Å². The average Bonchev–Trinajstić information content (AvgIpc) is 2.18. The molecule has 0 bridgehead atoms. The van der Waals surface area contributed by atoms with E-state index < -0.39 is 10.3 Å². The van der Waals surface area contributed by atoms with E-state index in [4.69, 9.17) is 5.26 Å². The van der Waals surface area contributed by atoms with Crippen LogP contribution in [0, 0.1) is 26.9 Å². The molecule has 15 heavy (non-hydrogen) atoms. The van der Waals surface area contributed by atoms with Gasteiger partial charge in [-0.1, -0.05) is 12.1 Å². The first-order chi connectivity index (χ1) is 6.94. The van der Waals surface area contributed by atoms with E-state index >= 15 is 0 Å². The van der Waals surface area contributed by atoms with Crippen molar-refractivity contribution in [3.05, 3.63) is 39.9 Å². The third kappa shape index (κ3) is 3.06. The van der Waals surface area contributed by atoms with Crippen LogP contribution in [-0.4, -0.2) is 4.92 Å². The lowest BCUT2D eigenvalue weighted by atomic mass is 9.87. The van der Waals surface area contributed by atoms with Crippen LogP contribution >= 0.6 is 0 Å². The Hall–Kier alpha value is -1.89. The first-order valence-electron chi connectivity index (χ1n) is 4.59. The molecule has 0 aliphatic rings. The summed E-state index contributed by atoms with van der Waals surface area (Å²) in [6, 6.07) is 8.50. The average molecular weight is 204 g/mol. The van der Waals surface area contributed by atoms with Crippen molar-refractivity contribution in [1.29, 1.82) is 5.26 Å². The number of hydrogen-bond acceptors (Lipinski definition) is 3. The third-order valence-corrected chi connectivity index (χ3v) is 2.10. The predicted molar refractivity (Wildman–Crippen MR) is 56.2 cm³/mol. The molecule has 0 atom stereocenters. The zero-order chi connectivity index (χ0) is 11.5. The molecule has 0 aromatic heterocycles. The molecule has 0 aliphatic carbocycles. The number of nitrogens with zero attached hydrogens (tertiary/aromatic N) is 2. The molecule has 0 radical (unpaired) electrons. The minimum Gasteiger partial charge on any atom is -0.258 e. The Morgan fingerprint density at radius 3 is 2.33 bits per heavy atom. The first kappa shape index (κ1) is 11.2. The van der Waals surface area contributed by atoms with Gasteiger partial charge in [0.25, 0.3) is 5.69 Å². The number of nitro groups is 1. The standard InChI is InChI=1S/C11H12N2O2/c1-11(2,8-12)7-9-3-5-10(6-4-9)13(14)15/h3-6H,7H2,1-2H3. The fourth-order valence-electron chi connectivity index (χ4n) is 1.29. The van der Waals surface area contributed by atoms with E-state index in [1.54, 1.807) is 12.1 Å². The molecule has 0 fully saturated rings. The highest BCUT2D eigenvalue weighted by molar-refractivity contribution is 5.33. The van der Waals surface area contributed by atoms with E-state index in [2.05, 4.69) is 6.07 Å². The van der Waals surface area contributed by atoms with Crippen molar-refractivity contribution in [3.8, 4) is 6.07 Å². The third-order valence-electron chi connectivity index (χ3n) is 2.10. The summed E-state index contributed by atoms with van der Waals surface area (Å²) in [5.41, 5.74) is 0.580. The van der Waals surface area contributed by atoms with Crippen LogP contribution in [0.4, 0.5) is 5.69 Å². The van der Waals surface area contributed by atoms with Gasteiger partial charge >= 0.3 is 0 Å². The second kappa shape index (κ2) is 4.09. The first-order valence-corrected chi connectivity index (χ1v) is 4.59. The zero-order valence-electron chi connectivity index (χ0n) is 8.73. The minimum atomic E-state index is -0.434. The fraction of sp³-hybridized carbons (Fsp3) is 0.364. The summed E-state index contributed by atoms with van der Waals surface area (Å²) in [6.07, 6.45) is 0.599. The highest BCUT2D eigenvalue weighted by Gasteiger charge is 2.17. The molecule has 0 heterocycles. The molecule has 1 aromatic rings. The molecule has 4 heteroatoms. The van der Waals surface area contributed by atoms with Gasteiger partial charge in [0.05, 0.1) is 16.4 Å². The summed E-state index contributed by atoms with van der Waals surface area (Å²) in [5, 5.41) is 19.2. The van der Waals surface area contributed by atoms with Crippen LogP contribution in [0.3, 0.4) is 0 Å². The number of rotatable bonds is 3. The topological polar surface area (TPSA) is 66.9 Å². The molecule has 0 unspecified atom stereocenters. The van der Waals surface area contributed by atoms with E-state index in [9.17, 15) is 10.1 Å². The van der Waals surface area contributed by atoms with E-state index in [1.165, 1.54) is 12.1 Å². The second-order valence-corrected chi connectivity index (χ2v) is 4.10. The lowest BCUT2D eigenvalue weighted by Crippen LogP contribution is -2.11. The Labute approximate surface area is 88.3 Å². The Morgan fingerprint density at radius 2 is 1.93 bits per heavy atom.